The maximum Gasteiger partial charge on any atom is 0.260 e. The Balaban J connectivity index is 1.69. The van der Waals surface area contributed by atoms with E-state index in [-0.39, 0.29) is 11.6 Å². The van der Waals surface area contributed by atoms with E-state index in [0.29, 0.717) is 27.5 Å². The highest BCUT2D eigenvalue weighted by atomic mass is 35.5. The summed E-state index contributed by atoms with van der Waals surface area (Å²) in [5.41, 5.74) is 5.69. The van der Waals surface area contributed by atoms with E-state index in [1.807, 2.05) is 6.07 Å². The van der Waals surface area contributed by atoms with Crippen LogP contribution in [0.15, 0.2) is 77.9 Å². The van der Waals surface area contributed by atoms with Crippen molar-refractivity contribution in [1.82, 2.24) is 5.43 Å². The van der Waals surface area contributed by atoms with Gasteiger partial charge in [-0.1, -0.05) is 48.0 Å². The number of hydrogen-bond acceptors (Lipinski definition) is 5. The van der Waals surface area contributed by atoms with Gasteiger partial charge in [0, 0.05) is 16.3 Å². The molecular formula is C25H25ClN4O4S. The maximum absolute atomic E-state index is 12.5. The van der Waals surface area contributed by atoms with E-state index in [2.05, 4.69) is 15.8 Å². The molecule has 0 radical (unpaired) electrons. The van der Waals surface area contributed by atoms with Crippen LogP contribution >= 0.6 is 11.6 Å². The van der Waals surface area contributed by atoms with Crippen LogP contribution in [0.1, 0.15) is 28.4 Å². The zero-order valence-electron chi connectivity index (χ0n) is 19.4. The average molecular weight is 513 g/mol. The van der Waals surface area contributed by atoms with Crippen LogP contribution in [0.25, 0.3) is 0 Å². The third-order valence-corrected chi connectivity index (χ3v) is 6.60. The minimum atomic E-state index is -3.75. The summed E-state index contributed by atoms with van der Waals surface area (Å²) in [6, 6.07) is 20.6. The SMILES string of the molecule is C/C(=N/NC(=O)CN(c1ccc(C)c(Cl)c1)S(C)(=O)=O)c1cccc(NC(=O)c2ccccc2)c1. The van der Waals surface area contributed by atoms with Crippen molar-refractivity contribution in [3.63, 3.8) is 0 Å². The molecule has 0 aliphatic rings. The number of halogens is 1. The number of nitrogens with one attached hydrogen (secondary N) is 2. The van der Waals surface area contributed by atoms with Gasteiger partial charge in [-0.3, -0.25) is 13.9 Å². The molecule has 0 saturated heterocycles. The third kappa shape index (κ3) is 7.14. The maximum atomic E-state index is 12.5. The average Bonchev–Trinajstić information content (AvgIpc) is 2.83. The van der Waals surface area contributed by atoms with E-state index in [9.17, 15) is 18.0 Å². The molecule has 0 atom stereocenters. The minimum absolute atomic E-state index is 0.247. The zero-order chi connectivity index (χ0) is 25.6. The summed E-state index contributed by atoms with van der Waals surface area (Å²) in [6.45, 7) is 3.01. The summed E-state index contributed by atoms with van der Waals surface area (Å²) in [5, 5.41) is 7.31. The van der Waals surface area contributed by atoms with E-state index in [0.717, 1.165) is 16.1 Å². The molecule has 0 spiro atoms. The molecular weight excluding hydrogens is 488 g/mol. The number of rotatable bonds is 8. The minimum Gasteiger partial charge on any atom is -0.322 e. The fourth-order valence-electron chi connectivity index (χ4n) is 3.13. The molecule has 35 heavy (non-hydrogen) atoms. The Bertz CT molecular complexity index is 1380. The number of benzene rings is 3. The standard InChI is InChI=1S/C25H25ClN4O4S/c1-17-12-13-22(15-23(17)26)30(35(3,33)34)16-24(31)29-28-18(2)20-10-7-11-21(14-20)27-25(32)19-8-5-4-6-9-19/h4-15H,16H2,1-3H3,(H,27,32)(H,29,31)/b28-18-. The fraction of sp³-hybridized carbons (Fsp3) is 0.160. The lowest BCUT2D eigenvalue weighted by Crippen LogP contribution is -2.39. The van der Waals surface area contributed by atoms with Crippen molar-refractivity contribution in [1.29, 1.82) is 0 Å². The Morgan fingerprint density at radius 1 is 0.971 bits per heavy atom. The lowest BCUT2D eigenvalue weighted by molar-refractivity contribution is -0.119. The molecule has 0 aliphatic heterocycles. The van der Waals surface area contributed by atoms with Crippen molar-refractivity contribution < 1.29 is 18.0 Å². The number of anilines is 2. The summed E-state index contributed by atoms with van der Waals surface area (Å²) in [4.78, 5) is 24.9. The van der Waals surface area contributed by atoms with Gasteiger partial charge in [-0.2, -0.15) is 5.10 Å². The molecule has 0 saturated carbocycles. The molecule has 0 aromatic heterocycles. The molecule has 182 valence electrons. The second kappa shape index (κ2) is 11.2. The molecule has 0 heterocycles. The van der Waals surface area contributed by atoms with Gasteiger partial charge >= 0.3 is 0 Å². The molecule has 2 N–H and O–H groups in total. The predicted molar refractivity (Wildman–Crippen MR) is 140 cm³/mol. The smallest absolute Gasteiger partial charge is 0.260 e. The lowest BCUT2D eigenvalue weighted by Gasteiger charge is -2.22. The molecule has 0 fully saturated rings. The molecule has 10 heteroatoms. The van der Waals surface area contributed by atoms with Gasteiger partial charge < -0.3 is 5.32 Å². The van der Waals surface area contributed by atoms with Gasteiger partial charge in [0.2, 0.25) is 10.0 Å². The summed E-state index contributed by atoms with van der Waals surface area (Å²) in [5.74, 6) is -0.872. The molecule has 3 aromatic carbocycles. The first kappa shape index (κ1) is 25.9. The van der Waals surface area contributed by atoms with Crippen LogP contribution in [0, 0.1) is 6.92 Å². The highest BCUT2D eigenvalue weighted by molar-refractivity contribution is 7.92. The summed E-state index contributed by atoms with van der Waals surface area (Å²) in [7, 11) is -3.75. The Morgan fingerprint density at radius 3 is 2.31 bits per heavy atom. The first-order valence-electron chi connectivity index (χ1n) is 10.6. The molecule has 2 amide bonds. The normalized spacial score (nSPS) is 11.6. The van der Waals surface area contributed by atoms with Crippen LogP contribution in [-0.2, 0) is 14.8 Å². The largest absolute Gasteiger partial charge is 0.322 e. The van der Waals surface area contributed by atoms with Gasteiger partial charge in [-0.25, -0.2) is 13.8 Å². The third-order valence-electron chi connectivity index (χ3n) is 5.05. The number of sulfonamides is 1. The van der Waals surface area contributed by atoms with Crippen molar-refractivity contribution in [2.45, 2.75) is 13.8 Å². The van der Waals surface area contributed by atoms with Crippen LogP contribution < -0.4 is 15.0 Å². The number of hydrazone groups is 1. The van der Waals surface area contributed by atoms with E-state index in [1.54, 1.807) is 74.5 Å². The van der Waals surface area contributed by atoms with Gasteiger partial charge in [-0.15, -0.1) is 0 Å². The summed E-state index contributed by atoms with van der Waals surface area (Å²) < 4.78 is 25.5. The van der Waals surface area contributed by atoms with E-state index < -0.39 is 22.5 Å². The van der Waals surface area contributed by atoms with Gasteiger partial charge in [0.1, 0.15) is 6.54 Å². The quantitative estimate of drug-likeness (QED) is 0.348. The first-order valence-corrected chi connectivity index (χ1v) is 12.8. The number of aryl methyl sites for hydroxylation is 1. The van der Waals surface area contributed by atoms with Gasteiger partial charge in [0.25, 0.3) is 11.8 Å². The number of nitrogens with zero attached hydrogens (tertiary/aromatic N) is 2. The van der Waals surface area contributed by atoms with Crippen molar-refractivity contribution in [3.05, 3.63) is 94.5 Å². The lowest BCUT2D eigenvalue weighted by atomic mass is 10.1. The Morgan fingerprint density at radius 2 is 1.66 bits per heavy atom. The molecule has 0 unspecified atom stereocenters. The zero-order valence-corrected chi connectivity index (χ0v) is 21.0. The molecule has 3 aromatic rings. The van der Waals surface area contributed by atoms with Gasteiger partial charge in [0.05, 0.1) is 17.7 Å². The monoisotopic (exact) mass is 512 g/mol. The van der Waals surface area contributed by atoms with Crippen molar-refractivity contribution >= 4 is 50.5 Å². The summed E-state index contributed by atoms with van der Waals surface area (Å²) >= 11 is 6.12. The predicted octanol–water partition coefficient (Wildman–Crippen LogP) is 4.21. The van der Waals surface area contributed by atoms with Gasteiger partial charge in [0.15, 0.2) is 0 Å². The number of hydrogen-bond donors (Lipinski definition) is 2. The van der Waals surface area contributed by atoms with E-state index in [4.69, 9.17) is 11.6 Å². The molecule has 0 aliphatic carbocycles. The highest BCUT2D eigenvalue weighted by Gasteiger charge is 2.21. The molecule has 0 bridgehead atoms. The van der Waals surface area contributed by atoms with Crippen LogP contribution in [0.4, 0.5) is 11.4 Å². The Labute approximate surface area is 209 Å². The number of amides is 2. The topological polar surface area (TPSA) is 108 Å². The van der Waals surface area contributed by atoms with Crippen molar-refractivity contribution in [2.24, 2.45) is 5.10 Å². The van der Waals surface area contributed by atoms with E-state index in [1.165, 1.54) is 6.07 Å². The highest BCUT2D eigenvalue weighted by Crippen LogP contribution is 2.24. The van der Waals surface area contributed by atoms with Crippen LogP contribution in [0.3, 0.4) is 0 Å². The summed E-state index contributed by atoms with van der Waals surface area (Å²) in [6.07, 6.45) is 1.01. The molecule has 8 nitrogen and oxygen atoms in total. The van der Waals surface area contributed by atoms with Gasteiger partial charge in [-0.05, 0) is 61.4 Å². The van der Waals surface area contributed by atoms with Crippen LogP contribution in [-0.4, -0.2) is 38.7 Å². The van der Waals surface area contributed by atoms with Crippen molar-refractivity contribution in [2.75, 3.05) is 22.4 Å². The molecule has 3 rings (SSSR count). The van der Waals surface area contributed by atoms with Crippen molar-refractivity contribution in [3.8, 4) is 0 Å². The van der Waals surface area contributed by atoms with Crippen LogP contribution in [0.5, 0.6) is 0 Å². The second-order valence-corrected chi connectivity index (χ2v) is 10.2. The second-order valence-electron chi connectivity index (χ2n) is 7.84. The first-order chi connectivity index (χ1) is 16.5. The number of carbonyl (C=O) groups is 2. The Kier molecular flexibility index (Phi) is 8.26. The number of carbonyl (C=O) groups excluding carboxylic acids is 2. The van der Waals surface area contributed by atoms with E-state index >= 15 is 0 Å². The Hall–Kier alpha value is -3.69. The van der Waals surface area contributed by atoms with Crippen LogP contribution in [0.2, 0.25) is 5.02 Å². The fourth-order valence-corrected chi connectivity index (χ4v) is 4.15.